The van der Waals surface area contributed by atoms with Gasteiger partial charge in [-0.15, -0.1) is 0 Å². The number of hydrogen-bond acceptors (Lipinski definition) is 1. The van der Waals surface area contributed by atoms with Gasteiger partial charge in [-0.2, -0.15) is 0 Å². The highest BCUT2D eigenvalue weighted by molar-refractivity contribution is 5.98. The van der Waals surface area contributed by atoms with Crippen molar-refractivity contribution in [2.75, 3.05) is 13.1 Å². The molecule has 0 spiro atoms. The zero-order chi connectivity index (χ0) is 14.0. The van der Waals surface area contributed by atoms with E-state index in [-0.39, 0.29) is 31.8 Å². The topological polar surface area (TPSA) is 20.3 Å². The maximum atomic E-state index is 13.1. The Morgan fingerprint density at radius 2 is 2.00 bits per heavy atom. The number of piperidine rings is 1. The van der Waals surface area contributed by atoms with Crippen molar-refractivity contribution in [3.8, 4) is 0 Å². The molecule has 0 atom stereocenters. The SMILES string of the molecule is C=Cc1c(C)cccc1C(=O)N1CCC(F)(F)CC1. The third-order valence-corrected chi connectivity index (χ3v) is 3.54. The first-order chi connectivity index (χ1) is 8.94. The minimum Gasteiger partial charge on any atom is -0.338 e. The standard InChI is InChI=1S/C15H17F2NO/c1-3-12-11(2)5-4-6-13(12)14(19)18-9-7-15(16,17)8-10-18/h3-6H,1,7-10H2,2H3. The van der Waals surface area contributed by atoms with Crippen LogP contribution < -0.4 is 0 Å². The number of aryl methyl sites for hydroxylation is 1. The number of halogens is 2. The van der Waals surface area contributed by atoms with Gasteiger partial charge in [-0.05, 0) is 24.1 Å². The lowest BCUT2D eigenvalue weighted by atomic mass is 9.99. The van der Waals surface area contributed by atoms with Crippen molar-refractivity contribution in [2.24, 2.45) is 0 Å². The number of hydrogen-bond donors (Lipinski definition) is 0. The van der Waals surface area contributed by atoms with E-state index in [0.717, 1.165) is 11.1 Å². The molecule has 19 heavy (non-hydrogen) atoms. The van der Waals surface area contributed by atoms with Crippen LogP contribution in [0.1, 0.15) is 34.3 Å². The highest BCUT2D eigenvalue weighted by Crippen LogP contribution is 2.29. The van der Waals surface area contributed by atoms with E-state index >= 15 is 0 Å². The molecule has 4 heteroatoms. The summed E-state index contributed by atoms with van der Waals surface area (Å²) >= 11 is 0. The summed E-state index contributed by atoms with van der Waals surface area (Å²) in [5.41, 5.74) is 2.29. The molecule has 0 bridgehead atoms. The summed E-state index contributed by atoms with van der Waals surface area (Å²) in [6.07, 6.45) is 1.13. The Kier molecular flexibility index (Phi) is 3.69. The number of amides is 1. The average molecular weight is 265 g/mol. The summed E-state index contributed by atoms with van der Waals surface area (Å²) < 4.78 is 26.2. The van der Waals surface area contributed by atoms with Gasteiger partial charge in [0.15, 0.2) is 0 Å². The number of carbonyl (C=O) groups excluding carboxylic acids is 1. The smallest absolute Gasteiger partial charge is 0.254 e. The van der Waals surface area contributed by atoms with Gasteiger partial charge in [0.1, 0.15) is 0 Å². The fraction of sp³-hybridized carbons (Fsp3) is 0.400. The summed E-state index contributed by atoms with van der Waals surface area (Å²) in [7, 11) is 0. The van der Waals surface area contributed by atoms with Crippen molar-refractivity contribution >= 4 is 12.0 Å². The summed E-state index contributed by atoms with van der Waals surface area (Å²) in [4.78, 5) is 13.9. The molecule has 1 fully saturated rings. The molecule has 0 radical (unpaired) electrons. The minimum absolute atomic E-state index is 0.107. The van der Waals surface area contributed by atoms with Crippen LogP contribution in [-0.4, -0.2) is 29.8 Å². The van der Waals surface area contributed by atoms with E-state index < -0.39 is 5.92 Å². The van der Waals surface area contributed by atoms with E-state index in [9.17, 15) is 13.6 Å². The van der Waals surface area contributed by atoms with Crippen LogP contribution in [0.15, 0.2) is 24.8 Å². The van der Waals surface area contributed by atoms with Crippen molar-refractivity contribution in [1.82, 2.24) is 4.90 Å². The summed E-state index contributed by atoms with van der Waals surface area (Å²) in [5.74, 6) is -2.82. The highest BCUT2D eigenvalue weighted by Gasteiger charge is 2.36. The fourth-order valence-corrected chi connectivity index (χ4v) is 2.35. The van der Waals surface area contributed by atoms with Crippen molar-refractivity contribution in [1.29, 1.82) is 0 Å². The molecule has 0 aromatic heterocycles. The summed E-state index contributed by atoms with van der Waals surface area (Å²) in [6.45, 7) is 5.83. The molecule has 2 nitrogen and oxygen atoms in total. The van der Waals surface area contributed by atoms with Crippen LogP contribution in [0.5, 0.6) is 0 Å². The Hall–Kier alpha value is -1.71. The zero-order valence-corrected chi connectivity index (χ0v) is 11.0. The number of carbonyl (C=O) groups is 1. The van der Waals surface area contributed by atoms with E-state index in [1.165, 1.54) is 4.90 Å². The van der Waals surface area contributed by atoms with Crippen molar-refractivity contribution in [3.05, 3.63) is 41.5 Å². The van der Waals surface area contributed by atoms with E-state index in [2.05, 4.69) is 6.58 Å². The summed E-state index contributed by atoms with van der Waals surface area (Å²) in [6, 6.07) is 5.42. The predicted octanol–water partition coefficient (Wildman–Crippen LogP) is 3.51. The molecule has 0 N–H and O–H groups in total. The molecule has 1 aliphatic heterocycles. The van der Waals surface area contributed by atoms with Crippen LogP contribution in [-0.2, 0) is 0 Å². The molecule has 1 amide bonds. The molecule has 0 saturated carbocycles. The molecule has 1 aliphatic rings. The lowest BCUT2D eigenvalue weighted by Gasteiger charge is -2.32. The molecule has 1 heterocycles. The van der Waals surface area contributed by atoms with Crippen LogP contribution in [0.25, 0.3) is 6.08 Å². The van der Waals surface area contributed by atoms with Gasteiger partial charge in [0.2, 0.25) is 0 Å². The minimum atomic E-state index is -2.63. The number of likely N-dealkylation sites (tertiary alicyclic amines) is 1. The van der Waals surface area contributed by atoms with Crippen molar-refractivity contribution in [3.63, 3.8) is 0 Å². The van der Waals surface area contributed by atoms with Crippen LogP contribution in [0.2, 0.25) is 0 Å². The molecule has 1 aromatic rings. The molecular weight excluding hydrogens is 248 g/mol. The first kappa shape index (κ1) is 13.7. The van der Waals surface area contributed by atoms with E-state index in [1.54, 1.807) is 18.2 Å². The fourth-order valence-electron chi connectivity index (χ4n) is 2.35. The second-order valence-electron chi connectivity index (χ2n) is 4.89. The summed E-state index contributed by atoms with van der Waals surface area (Å²) in [5, 5.41) is 0. The number of rotatable bonds is 2. The van der Waals surface area contributed by atoms with Crippen LogP contribution in [0.3, 0.4) is 0 Å². The van der Waals surface area contributed by atoms with E-state index in [4.69, 9.17) is 0 Å². The van der Waals surface area contributed by atoms with Gasteiger partial charge >= 0.3 is 0 Å². The molecule has 2 rings (SSSR count). The zero-order valence-electron chi connectivity index (χ0n) is 11.0. The van der Waals surface area contributed by atoms with Crippen molar-refractivity contribution in [2.45, 2.75) is 25.7 Å². The maximum absolute atomic E-state index is 13.1. The van der Waals surface area contributed by atoms with E-state index in [0.29, 0.717) is 5.56 Å². The third-order valence-electron chi connectivity index (χ3n) is 3.54. The largest absolute Gasteiger partial charge is 0.338 e. The van der Waals surface area contributed by atoms with E-state index in [1.807, 2.05) is 13.0 Å². The normalized spacial score (nSPS) is 18.2. The van der Waals surface area contributed by atoms with Gasteiger partial charge in [0.25, 0.3) is 11.8 Å². The first-order valence-electron chi connectivity index (χ1n) is 6.34. The quantitative estimate of drug-likeness (QED) is 0.801. The van der Waals surface area contributed by atoms with Crippen LogP contribution >= 0.6 is 0 Å². The lowest BCUT2D eigenvalue weighted by Crippen LogP contribution is -2.42. The highest BCUT2D eigenvalue weighted by atomic mass is 19.3. The Morgan fingerprint density at radius 3 is 2.58 bits per heavy atom. The van der Waals surface area contributed by atoms with Crippen LogP contribution in [0, 0.1) is 6.92 Å². The van der Waals surface area contributed by atoms with Gasteiger partial charge in [0.05, 0.1) is 0 Å². The molecule has 0 unspecified atom stereocenters. The Labute approximate surface area is 111 Å². The van der Waals surface area contributed by atoms with Gasteiger partial charge in [0, 0.05) is 31.5 Å². The Balaban J connectivity index is 2.21. The maximum Gasteiger partial charge on any atom is 0.254 e. The number of benzene rings is 1. The van der Waals surface area contributed by atoms with Gasteiger partial charge in [-0.1, -0.05) is 24.8 Å². The van der Waals surface area contributed by atoms with Crippen molar-refractivity contribution < 1.29 is 13.6 Å². The Bertz CT molecular complexity index is 501. The average Bonchev–Trinajstić information content (AvgIpc) is 2.37. The molecule has 1 aromatic carbocycles. The monoisotopic (exact) mass is 265 g/mol. The van der Waals surface area contributed by atoms with Crippen LogP contribution in [0.4, 0.5) is 8.78 Å². The second kappa shape index (κ2) is 5.11. The van der Waals surface area contributed by atoms with Gasteiger partial charge in [-0.3, -0.25) is 4.79 Å². The lowest BCUT2D eigenvalue weighted by molar-refractivity contribution is -0.0494. The van der Waals surface area contributed by atoms with Gasteiger partial charge < -0.3 is 4.90 Å². The Morgan fingerprint density at radius 1 is 1.37 bits per heavy atom. The second-order valence-corrected chi connectivity index (χ2v) is 4.89. The molecule has 102 valence electrons. The number of alkyl halides is 2. The molecule has 1 saturated heterocycles. The molecule has 0 aliphatic carbocycles. The third kappa shape index (κ3) is 2.83. The van der Waals surface area contributed by atoms with Gasteiger partial charge in [-0.25, -0.2) is 8.78 Å². The molecular formula is C15H17F2NO. The predicted molar refractivity (Wildman–Crippen MR) is 71.4 cm³/mol. The number of nitrogens with zero attached hydrogens (tertiary/aromatic N) is 1. The first-order valence-corrected chi connectivity index (χ1v) is 6.34.